The summed E-state index contributed by atoms with van der Waals surface area (Å²) in [5.74, 6) is 0.906. The number of alkyl halides is 1. The molecule has 0 radical (unpaired) electrons. The minimum atomic E-state index is 0.573. The summed E-state index contributed by atoms with van der Waals surface area (Å²) < 4.78 is 6.38. The van der Waals surface area contributed by atoms with Crippen molar-refractivity contribution in [2.75, 3.05) is 6.61 Å². The molecule has 64 valence electrons. The van der Waals surface area contributed by atoms with E-state index in [-0.39, 0.29) is 0 Å². The van der Waals surface area contributed by atoms with Gasteiger partial charge in [0.25, 0.3) is 0 Å². The first-order chi connectivity index (χ1) is 5.86. The van der Waals surface area contributed by atoms with E-state index in [0.29, 0.717) is 6.61 Å². The van der Waals surface area contributed by atoms with Crippen molar-refractivity contribution >= 4 is 22.6 Å². The summed E-state index contributed by atoms with van der Waals surface area (Å²) >= 11 is 2.34. The Labute approximate surface area is 86.6 Å². The highest BCUT2D eigenvalue weighted by Crippen LogP contribution is 2.13. The topological polar surface area (TPSA) is 9.23 Å². The summed E-state index contributed by atoms with van der Waals surface area (Å²) in [6.45, 7) is 4.16. The largest absolute Gasteiger partial charge is 0.490 e. The van der Waals surface area contributed by atoms with E-state index in [1.807, 2.05) is 12.1 Å². The molecule has 0 aliphatic rings. The minimum Gasteiger partial charge on any atom is -0.490 e. The smallest absolute Gasteiger partial charge is 0.119 e. The Balaban J connectivity index is 2.58. The fraction of sp³-hybridized carbons (Fsp3) is 0.200. The SMILES string of the molecule is C=CCOc1ccc(CI)cc1. The normalized spacial score (nSPS) is 9.42. The van der Waals surface area contributed by atoms with Gasteiger partial charge in [0.15, 0.2) is 0 Å². The number of hydrogen-bond acceptors (Lipinski definition) is 1. The zero-order chi connectivity index (χ0) is 8.81. The van der Waals surface area contributed by atoms with Gasteiger partial charge in [0.05, 0.1) is 0 Å². The Bertz CT molecular complexity index is 241. The lowest BCUT2D eigenvalue weighted by Crippen LogP contribution is -1.92. The molecule has 0 aliphatic carbocycles. The van der Waals surface area contributed by atoms with Crippen LogP contribution in [0.5, 0.6) is 5.75 Å². The van der Waals surface area contributed by atoms with Crippen LogP contribution in [-0.2, 0) is 4.43 Å². The molecule has 0 atom stereocenters. The van der Waals surface area contributed by atoms with E-state index in [1.165, 1.54) is 5.56 Å². The van der Waals surface area contributed by atoms with Crippen LogP contribution in [-0.4, -0.2) is 6.61 Å². The average Bonchev–Trinajstić information content (AvgIpc) is 2.15. The first kappa shape index (κ1) is 9.58. The van der Waals surface area contributed by atoms with Gasteiger partial charge in [-0.15, -0.1) is 0 Å². The summed E-state index contributed by atoms with van der Waals surface area (Å²) in [4.78, 5) is 0. The molecular weight excluding hydrogens is 263 g/mol. The fourth-order valence-corrected chi connectivity index (χ4v) is 1.34. The molecule has 2 heteroatoms. The van der Waals surface area contributed by atoms with Crippen LogP contribution in [0.25, 0.3) is 0 Å². The van der Waals surface area contributed by atoms with Crippen LogP contribution in [0.3, 0.4) is 0 Å². The number of hydrogen-bond donors (Lipinski definition) is 0. The van der Waals surface area contributed by atoms with Gasteiger partial charge >= 0.3 is 0 Å². The first-order valence-corrected chi connectivity index (χ1v) is 5.28. The van der Waals surface area contributed by atoms with Crippen LogP contribution in [0.15, 0.2) is 36.9 Å². The predicted octanol–water partition coefficient (Wildman–Crippen LogP) is 3.19. The van der Waals surface area contributed by atoms with Crippen molar-refractivity contribution in [3.63, 3.8) is 0 Å². The Morgan fingerprint density at radius 1 is 1.33 bits per heavy atom. The van der Waals surface area contributed by atoms with Crippen molar-refractivity contribution in [2.45, 2.75) is 4.43 Å². The Morgan fingerprint density at radius 3 is 2.50 bits per heavy atom. The third kappa shape index (κ3) is 2.85. The van der Waals surface area contributed by atoms with Crippen LogP contribution >= 0.6 is 22.6 Å². The highest BCUT2D eigenvalue weighted by atomic mass is 127. The van der Waals surface area contributed by atoms with E-state index in [4.69, 9.17) is 4.74 Å². The molecule has 0 unspecified atom stereocenters. The minimum absolute atomic E-state index is 0.573. The Kier molecular flexibility index (Phi) is 4.14. The lowest BCUT2D eigenvalue weighted by atomic mass is 10.2. The summed E-state index contributed by atoms with van der Waals surface area (Å²) in [5.41, 5.74) is 1.32. The zero-order valence-corrected chi connectivity index (χ0v) is 8.95. The van der Waals surface area contributed by atoms with E-state index in [0.717, 1.165) is 10.2 Å². The molecule has 0 spiro atoms. The molecule has 12 heavy (non-hydrogen) atoms. The van der Waals surface area contributed by atoms with Gasteiger partial charge < -0.3 is 4.74 Å². The Hall–Kier alpha value is -0.510. The van der Waals surface area contributed by atoms with Gasteiger partial charge in [0.1, 0.15) is 12.4 Å². The second-order valence-corrected chi connectivity index (χ2v) is 3.14. The molecule has 1 aromatic rings. The molecule has 1 rings (SSSR count). The van der Waals surface area contributed by atoms with E-state index in [9.17, 15) is 0 Å². The lowest BCUT2D eigenvalue weighted by molar-refractivity contribution is 0.363. The third-order valence-electron chi connectivity index (χ3n) is 1.45. The summed E-state index contributed by atoms with van der Waals surface area (Å²) in [7, 11) is 0. The van der Waals surface area contributed by atoms with Gasteiger partial charge in [0, 0.05) is 4.43 Å². The molecule has 0 aliphatic heterocycles. The molecule has 1 nitrogen and oxygen atoms in total. The monoisotopic (exact) mass is 274 g/mol. The molecule has 0 N–H and O–H groups in total. The number of halogens is 1. The van der Waals surface area contributed by atoms with Crippen molar-refractivity contribution in [2.24, 2.45) is 0 Å². The van der Waals surface area contributed by atoms with Crippen LogP contribution in [0, 0.1) is 0 Å². The van der Waals surface area contributed by atoms with Gasteiger partial charge in [-0.1, -0.05) is 47.4 Å². The number of benzene rings is 1. The average molecular weight is 274 g/mol. The molecule has 0 aromatic heterocycles. The molecule has 0 fully saturated rings. The molecule has 0 saturated carbocycles. The van der Waals surface area contributed by atoms with E-state index < -0.39 is 0 Å². The van der Waals surface area contributed by atoms with Crippen molar-refractivity contribution in [1.82, 2.24) is 0 Å². The van der Waals surface area contributed by atoms with Gasteiger partial charge in [0.2, 0.25) is 0 Å². The molecule has 1 aromatic carbocycles. The second-order valence-electron chi connectivity index (χ2n) is 2.38. The van der Waals surface area contributed by atoms with Gasteiger partial charge in [-0.3, -0.25) is 0 Å². The maximum absolute atomic E-state index is 5.33. The number of ether oxygens (including phenoxy) is 1. The fourth-order valence-electron chi connectivity index (χ4n) is 0.830. The predicted molar refractivity (Wildman–Crippen MR) is 59.9 cm³/mol. The van der Waals surface area contributed by atoms with Crippen molar-refractivity contribution in [1.29, 1.82) is 0 Å². The van der Waals surface area contributed by atoms with Crippen molar-refractivity contribution in [3.8, 4) is 5.75 Å². The van der Waals surface area contributed by atoms with Gasteiger partial charge in [-0.05, 0) is 17.7 Å². The van der Waals surface area contributed by atoms with Gasteiger partial charge in [-0.2, -0.15) is 0 Å². The van der Waals surface area contributed by atoms with Crippen LogP contribution in [0.2, 0.25) is 0 Å². The Morgan fingerprint density at radius 2 is 2.00 bits per heavy atom. The summed E-state index contributed by atoms with van der Waals surface area (Å²) in [6, 6.07) is 8.12. The highest BCUT2D eigenvalue weighted by Gasteiger charge is 1.91. The summed E-state index contributed by atoms with van der Waals surface area (Å²) in [6.07, 6.45) is 1.74. The van der Waals surface area contributed by atoms with Crippen LogP contribution < -0.4 is 4.74 Å². The van der Waals surface area contributed by atoms with Crippen molar-refractivity contribution < 1.29 is 4.74 Å². The van der Waals surface area contributed by atoms with E-state index in [1.54, 1.807) is 6.08 Å². The van der Waals surface area contributed by atoms with Gasteiger partial charge in [-0.25, -0.2) is 0 Å². The number of rotatable bonds is 4. The van der Waals surface area contributed by atoms with Crippen molar-refractivity contribution in [3.05, 3.63) is 42.5 Å². The zero-order valence-electron chi connectivity index (χ0n) is 6.79. The van der Waals surface area contributed by atoms with E-state index >= 15 is 0 Å². The summed E-state index contributed by atoms with van der Waals surface area (Å²) in [5, 5.41) is 0. The van der Waals surface area contributed by atoms with Crippen LogP contribution in [0.1, 0.15) is 5.56 Å². The quantitative estimate of drug-likeness (QED) is 0.465. The highest BCUT2D eigenvalue weighted by molar-refractivity contribution is 14.1. The third-order valence-corrected chi connectivity index (χ3v) is 2.33. The lowest BCUT2D eigenvalue weighted by Gasteiger charge is -2.02. The van der Waals surface area contributed by atoms with E-state index in [2.05, 4.69) is 41.3 Å². The first-order valence-electron chi connectivity index (χ1n) is 3.75. The molecule has 0 amide bonds. The maximum atomic E-state index is 5.33. The standard InChI is InChI=1S/C10H11IO/c1-2-7-12-10-5-3-9(8-11)4-6-10/h2-6H,1,7-8H2. The molecule has 0 heterocycles. The second kappa shape index (κ2) is 5.19. The maximum Gasteiger partial charge on any atom is 0.119 e. The molecule has 0 saturated heterocycles. The van der Waals surface area contributed by atoms with Crippen LogP contribution in [0.4, 0.5) is 0 Å². The molecule has 0 bridgehead atoms. The molecular formula is C10H11IO.